The molecule has 25 heavy (non-hydrogen) atoms. The number of fused-ring (bicyclic) bond motifs is 1. The Bertz CT molecular complexity index is 704. The summed E-state index contributed by atoms with van der Waals surface area (Å²) >= 11 is 0. The summed E-state index contributed by atoms with van der Waals surface area (Å²) in [6.45, 7) is 2.58. The third kappa shape index (κ3) is 3.62. The monoisotopic (exact) mass is 345 g/mol. The Hall–Kier alpha value is -2.50. The van der Waals surface area contributed by atoms with Crippen molar-refractivity contribution in [2.24, 2.45) is 0 Å². The number of carbonyl (C=O) groups excluding carboxylic acids is 1. The van der Waals surface area contributed by atoms with Crippen molar-refractivity contribution in [3.63, 3.8) is 0 Å². The SMILES string of the molecule is CCOc1ccc2c(c1)C=C(C(=O)NC1(C(=O)O)CCCCC1)CO2. The lowest BCUT2D eigenvalue weighted by atomic mass is 9.81. The minimum absolute atomic E-state index is 0.127. The summed E-state index contributed by atoms with van der Waals surface area (Å²) in [6.07, 6.45) is 5.30. The average Bonchev–Trinajstić information content (AvgIpc) is 2.62. The molecule has 1 aromatic rings. The molecule has 6 nitrogen and oxygen atoms in total. The third-order valence-corrected chi connectivity index (χ3v) is 4.77. The molecule has 0 unspecified atom stereocenters. The van der Waals surface area contributed by atoms with E-state index in [4.69, 9.17) is 9.47 Å². The first-order valence-electron chi connectivity index (χ1n) is 8.70. The molecular formula is C19H23NO5. The lowest BCUT2D eigenvalue weighted by Crippen LogP contribution is -2.56. The molecule has 1 amide bonds. The van der Waals surface area contributed by atoms with Gasteiger partial charge in [-0.25, -0.2) is 4.79 Å². The van der Waals surface area contributed by atoms with Gasteiger partial charge in [-0.15, -0.1) is 0 Å². The first kappa shape index (κ1) is 17.3. The molecule has 0 atom stereocenters. The molecule has 1 aliphatic carbocycles. The fourth-order valence-electron chi connectivity index (χ4n) is 3.39. The molecule has 2 aliphatic rings. The van der Waals surface area contributed by atoms with E-state index in [0.717, 1.165) is 24.8 Å². The Labute approximate surface area is 146 Å². The zero-order valence-corrected chi connectivity index (χ0v) is 14.3. The van der Waals surface area contributed by atoms with Crippen molar-refractivity contribution in [1.82, 2.24) is 5.32 Å². The molecule has 0 saturated heterocycles. The molecule has 0 radical (unpaired) electrons. The van der Waals surface area contributed by atoms with Crippen molar-refractivity contribution in [3.05, 3.63) is 29.3 Å². The highest BCUT2D eigenvalue weighted by Crippen LogP contribution is 2.32. The number of nitrogens with one attached hydrogen (secondary N) is 1. The van der Waals surface area contributed by atoms with E-state index < -0.39 is 11.5 Å². The van der Waals surface area contributed by atoms with Gasteiger partial charge in [-0.2, -0.15) is 0 Å². The minimum Gasteiger partial charge on any atom is -0.494 e. The number of carboxylic acids is 1. The molecule has 1 heterocycles. The summed E-state index contributed by atoms with van der Waals surface area (Å²) in [5.41, 5.74) is 0.0200. The lowest BCUT2D eigenvalue weighted by Gasteiger charge is -2.34. The standard InChI is InChI=1S/C19H23NO5/c1-2-24-15-6-7-16-13(11-15)10-14(12-25-16)17(21)20-19(18(22)23)8-4-3-5-9-19/h6-7,10-11H,2-5,8-9,12H2,1H3,(H,20,21)(H,22,23). The predicted molar refractivity (Wildman–Crippen MR) is 92.7 cm³/mol. The largest absolute Gasteiger partial charge is 0.494 e. The molecule has 0 bridgehead atoms. The summed E-state index contributed by atoms with van der Waals surface area (Å²) in [6, 6.07) is 5.45. The number of carboxylic acid groups (broad SMARTS) is 1. The van der Waals surface area contributed by atoms with E-state index in [0.29, 0.717) is 36.5 Å². The van der Waals surface area contributed by atoms with Crippen LogP contribution in [0.3, 0.4) is 0 Å². The van der Waals surface area contributed by atoms with Gasteiger partial charge in [-0.1, -0.05) is 19.3 Å². The third-order valence-electron chi connectivity index (χ3n) is 4.77. The summed E-state index contributed by atoms with van der Waals surface area (Å²) < 4.78 is 11.1. The quantitative estimate of drug-likeness (QED) is 0.857. The van der Waals surface area contributed by atoms with Crippen LogP contribution >= 0.6 is 0 Å². The van der Waals surface area contributed by atoms with Crippen LogP contribution in [-0.4, -0.2) is 35.7 Å². The number of ether oxygens (including phenoxy) is 2. The van der Waals surface area contributed by atoms with E-state index in [1.54, 1.807) is 6.08 Å². The van der Waals surface area contributed by atoms with Crippen LogP contribution < -0.4 is 14.8 Å². The maximum atomic E-state index is 12.6. The van der Waals surface area contributed by atoms with Crippen molar-refractivity contribution >= 4 is 18.0 Å². The number of benzene rings is 1. The van der Waals surface area contributed by atoms with Gasteiger partial charge >= 0.3 is 5.97 Å². The Morgan fingerprint density at radius 3 is 2.72 bits per heavy atom. The van der Waals surface area contributed by atoms with E-state index in [2.05, 4.69) is 5.32 Å². The molecule has 134 valence electrons. The topological polar surface area (TPSA) is 84.9 Å². The van der Waals surface area contributed by atoms with Crippen LogP contribution in [0.25, 0.3) is 6.08 Å². The first-order valence-corrected chi connectivity index (χ1v) is 8.70. The zero-order valence-electron chi connectivity index (χ0n) is 14.3. The van der Waals surface area contributed by atoms with Crippen LogP contribution in [0.2, 0.25) is 0 Å². The maximum Gasteiger partial charge on any atom is 0.329 e. The van der Waals surface area contributed by atoms with Gasteiger partial charge in [-0.3, -0.25) is 4.79 Å². The van der Waals surface area contributed by atoms with Crippen molar-refractivity contribution in [2.75, 3.05) is 13.2 Å². The second kappa shape index (κ2) is 7.17. The number of aliphatic carboxylic acids is 1. The first-order chi connectivity index (χ1) is 12.0. The van der Waals surface area contributed by atoms with Gasteiger partial charge in [-0.05, 0) is 44.0 Å². The second-order valence-corrected chi connectivity index (χ2v) is 6.49. The highest BCUT2D eigenvalue weighted by atomic mass is 16.5. The Morgan fingerprint density at radius 2 is 2.04 bits per heavy atom. The van der Waals surface area contributed by atoms with E-state index >= 15 is 0 Å². The summed E-state index contributed by atoms with van der Waals surface area (Å²) in [5.74, 6) is 0.0522. The van der Waals surface area contributed by atoms with Gasteiger partial charge in [0.1, 0.15) is 23.6 Å². The van der Waals surface area contributed by atoms with Crippen molar-refractivity contribution < 1.29 is 24.2 Å². The molecule has 3 rings (SSSR count). The zero-order chi connectivity index (χ0) is 17.9. The molecule has 1 fully saturated rings. The summed E-state index contributed by atoms with van der Waals surface area (Å²) in [5, 5.41) is 12.4. The highest BCUT2D eigenvalue weighted by molar-refractivity contribution is 6.01. The number of hydrogen-bond donors (Lipinski definition) is 2. The molecule has 0 aromatic heterocycles. The smallest absolute Gasteiger partial charge is 0.329 e. The molecule has 1 aliphatic heterocycles. The summed E-state index contributed by atoms with van der Waals surface area (Å²) in [7, 11) is 0. The molecule has 1 saturated carbocycles. The van der Waals surface area contributed by atoms with Gasteiger partial charge in [0.05, 0.1) is 12.2 Å². The van der Waals surface area contributed by atoms with Crippen molar-refractivity contribution in [1.29, 1.82) is 0 Å². The molecule has 0 spiro atoms. The van der Waals surface area contributed by atoms with Gasteiger partial charge in [0.25, 0.3) is 5.91 Å². The number of carbonyl (C=O) groups is 2. The molecule has 2 N–H and O–H groups in total. The van der Waals surface area contributed by atoms with Crippen LogP contribution in [0.5, 0.6) is 11.5 Å². The van der Waals surface area contributed by atoms with Crippen LogP contribution in [0.15, 0.2) is 23.8 Å². The van der Waals surface area contributed by atoms with Gasteiger partial charge < -0.3 is 19.9 Å². The van der Waals surface area contributed by atoms with E-state index in [-0.39, 0.29) is 12.5 Å². The van der Waals surface area contributed by atoms with Crippen LogP contribution in [0.4, 0.5) is 0 Å². The highest BCUT2D eigenvalue weighted by Gasteiger charge is 2.41. The fraction of sp³-hybridized carbons (Fsp3) is 0.474. The van der Waals surface area contributed by atoms with Gasteiger partial charge in [0.15, 0.2) is 0 Å². The van der Waals surface area contributed by atoms with Crippen LogP contribution in [0, 0.1) is 0 Å². The van der Waals surface area contributed by atoms with Crippen LogP contribution in [-0.2, 0) is 9.59 Å². The van der Waals surface area contributed by atoms with E-state index in [1.165, 1.54) is 0 Å². The Morgan fingerprint density at radius 1 is 1.28 bits per heavy atom. The Balaban J connectivity index is 1.80. The summed E-state index contributed by atoms with van der Waals surface area (Å²) in [4.78, 5) is 24.4. The molecule has 6 heteroatoms. The maximum absolute atomic E-state index is 12.6. The van der Waals surface area contributed by atoms with Gasteiger partial charge in [0.2, 0.25) is 0 Å². The second-order valence-electron chi connectivity index (χ2n) is 6.49. The molecule has 1 aromatic carbocycles. The average molecular weight is 345 g/mol. The number of amides is 1. The fourth-order valence-corrected chi connectivity index (χ4v) is 3.39. The van der Waals surface area contributed by atoms with Gasteiger partial charge in [0, 0.05) is 5.56 Å². The lowest BCUT2D eigenvalue weighted by molar-refractivity contribution is -0.148. The van der Waals surface area contributed by atoms with E-state index in [1.807, 2.05) is 25.1 Å². The normalized spacial score (nSPS) is 18.4. The number of rotatable bonds is 5. The van der Waals surface area contributed by atoms with Crippen LogP contribution in [0.1, 0.15) is 44.6 Å². The van der Waals surface area contributed by atoms with E-state index in [9.17, 15) is 14.7 Å². The molecular weight excluding hydrogens is 322 g/mol. The van der Waals surface area contributed by atoms with Crippen molar-refractivity contribution in [2.45, 2.75) is 44.6 Å². The predicted octanol–water partition coefficient (Wildman–Crippen LogP) is 2.76. The van der Waals surface area contributed by atoms with Crippen molar-refractivity contribution in [3.8, 4) is 11.5 Å². The minimum atomic E-state index is -1.16. The number of hydrogen-bond acceptors (Lipinski definition) is 4. The Kier molecular flexibility index (Phi) is 4.97.